The molecule has 6 nitrogen and oxygen atoms in total. The highest BCUT2D eigenvalue weighted by Crippen LogP contribution is 2.63. The summed E-state index contributed by atoms with van der Waals surface area (Å²) >= 11 is 3.13. The van der Waals surface area contributed by atoms with Crippen LogP contribution in [0.4, 0.5) is 5.69 Å². The maximum Gasteiger partial charge on any atom is 0.305 e. The maximum atomic E-state index is 12.1. The van der Waals surface area contributed by atoms with E-state index in [4.69, 9.17) is 4.42 Å². The Bertz CT molecular complexity index is 1180. The van der Waals surface area contributed by atoms with Crippen LogP contribution in [0.15, 0.2) is 50.6 Å². The van der Waals surface area contributed by atoms with Crippen molar-refractivity contribution in [3.05, 3.63) is 66.8 Å². The zero-order valence-electron chi connectivity index (χ0n) is 15.4. The number of rotatable bonds is 3. The van der Waals surface area contributed by atoms with E-state index in [1.54, 1.807) is 18.2 Å². The van der Waals surface area contributed by atoms with Gasteiger partial charge in [-0.15, -0.1) is 11.8 Å². The average Bonchev–Trinajstić information content (AvgIpc) is 3.49. The van der Waals surface area contributed by atoms with Crippen molar-refractivity contribution >= 4 is 28.8 Å². The number of nitro benzene ring substituents is 1. The van der Waals surface area contributed by atoms with Gasteiger partial charge in [-0.2, -0.15) is 0 Å². The molecule has 0 saturated heterocycles. The molecule has 3 heterocycles. The molecule has 3 aromatic rings. The molecular formula is C21H18N2O4S2. The Morgan fingerprint density at radius 3 is 2.83 bits per heavy atom. The molecule has 8 heteroatoms. The lowest BCUT2D eigenvalue weighted by atomic mass is 9.77. The predicted molar refractivity (Wildman–Crippen MR) is 112 cm³/mol. The van der Waals surface area contributed by atoms with Crippen LogP contribution in [0.2, 0.25) is 0 Å². The van der Waals surface area contributed by atoms with Gasteiger partial charge in [0.05, 0.1) is 26.3 Å². The number of furan rings is 1. The number of nitro groups is 1. The summed E-state index contributed by atoms with van der Waals surface area (Å²) in [5, 5.41) is 12.9. The SMILES string of the molecule is O=c1[nH]c2c(s1)[C@H](c1ccc(-c3ccccc3[N+](=O)[O-])o1)[C@H]1[C@H]3CC[C@H](C3)[C@@H]1S2. The first-order valence-corrected chi connectivity index (χ1v) is 11.5. The van der Waals surface area contributed by atoms with Crippen LogP contribution in [0.1, 0.15) is 35.8 Å². The Morgan fingerprint density at radius 2 is 1.97 bits per heavy atom. The van der Waals surface area contributed by atoms with E-state index in [-0.39, 0.29) is 21.4 Å². The van der Waals surface area contributed by atoms with Crippen molar-refractivity contribution in [2.24, 2.45) is 17.8 Å². The molecule has 2 fully saturated rings. The Balaban J connectivity index is 1.47. The summed E-state index contributed by atoms with van der Waals surface area (Å²) in [6.45, 7) is 0. The van der Waals surface area contributed by atoms with Crippen LogP contribution in [0.25, 0.3) is 11.3 Å². The molecule has 148 valence electrons. The third-order valence-electron chi connectivity index (χ3n) is 6.76. The highest BCUT2D eigenvalue weighted by atomic mass is 32.2. The lowest BCUT2D eigenvalue weighted by Crippen LogP contribution is -2.33. The van der Waals surface area contributed by atoms with Crippen molar-refractivity contribution in [3.8, 4) is 11.3 Å². The molecule has 29 heavy (non-hydrogen) atoms. The smallest absolute Gasteiger partial charge is 0.305 e. The second-order valence-corrected chi connectivity index (χ2v) is 10.4. The fourth-order valence-electron chi connectivity index (χ4n) is 5.67. The van der Waals surface area contributed by atoms with E-state index in [2.05, 4.69) is 4.98 Å². The molecule has 2 aliphatic carbocycles. The highest BCUT2D eigenvalue weighted by Gasteiger charge is 2.55. The van der Waals surface area contributed by atoms with Crippen LogP contribution in [0.3, 0.4) is 0 Å². The molecule has 0 amide bonds. The minimum atomic E-state index is -0.378. The quantitative estimate of drug-likeness (QED) is 0.456. The molecule has 0 spiro atoms. The number of nitrogens with zero attached hydrogens (tertiary/aromatic N) is 1. The molecule has 1 N–H and O–H groups in total. The van der Waals surface area contributed by atoms with Gasteiger partial charge in [-0.1, -0.05) is 23.5 Å². The van der Waals surface area contributed by atoms with E-state index in [1.807, 2.05) is 23.9 Å². The molecule has 2 bridgehead atoms. The highest BCUT2D eigenvalue weighted by molar-refractivity contribution is 8.00. The first-order chi connectivity index (χ1) is 14.1. The summed E-state index contributed by atoms with van der Waals surface area (Å²) in [6.07, 6.45) is 3.78. The number of thiazole rings is 1. The second kappa shape index (κ2) is 6.34. The predicted octanol–water partition coefficient (Wildman–Crippen LogP) is 5.26. The Kier molecular flexibility index (Phi) is 3.83. The Morgan fingerprint density at radius 1 is 1.14 bits per heavy atom. The van der Waals surface area contributed by atoms with Crippen molar-refractivity contribution in [1.82, 2.24) is 4.98 Å². The third-order valence-corrected chi connectivity index (χ3v) is 9.39. The van der Waals surface area contributed by atoms with Crippen molar-refractivity contribution < 1.29 is 9.34 Å². The Hall–Kier alpha value is -2.32. The lowest BCUT2D eigenvalue weighted by molar-refractivity contribution is -0.384. The third kappa shape index (κ3) is 2.58. The van der Waals surface area contributed by atoms with Gasteiger partial charge in [0.2, 0.25) is 0 Å². The van der Waals surface area contributed by atoms with Gasteiger partial charge in [-0.25, -0.2) is 0 Å². The molecule has 1 aromatic carbocycles. The van der Waals surface area contributed by atoms with E-state index < -0.39 is 0 Å². The standard InChI is InChI=1S/C21H18N2O4S2/c24-21-22-20-19(29-21)17(16-10-5-6-11(9-10)18(16)28-20)15-8-7-14(27-15)12-3-1-2-4-13(12)23(25)26/h1-4,7-8,10-11,16-18H,5-6,9H2,(H,22,24)/t10-,11+,16+,17+,18-/m0/s1. The van der Waals surface area contributed by atoms with Crippen LogP contribution in [-0.2, 0) is 0 Å². The molecule has 5 atom stereocenters. The van der Waals surface area contributed by atoms with Crippen LogP contribution in [0, 0.1) is 27.9 Å². The number of para-hydroxylation sites is 1. The molecule has 2 saturated carbocycles. The normalized spacial score (nSPS) is 29.6. The zero-order valence-corrected chi connectivity index (χ0v) is 17.0. The first-order valence-electron chi connectivity index (χ1n) is 9.83. The van der Waals surface area contributed by atoms with Crippen molar-refractivity contribution in [2.45, 2.75) is 35.5 Å². The Labute approximate surface area is 174 Å². The fraction of sp³-hybridized carbons (Fsp3) is 0.381. The van der Waals surface area contributed by atoms with Gasteiger partial charge in [-0.05, 0) is 55.2 Å². The van der Waals surface area contributed by atoms with Gasteiger partial charge in [0.1, 0.15) is 11.5 Å². The van der Waals surface area contributed by atoms with E-state index in [9.17, 15) is 14.9 Å². The van der Waals surface area contributed by atoms with Gasteiger partial charge in [0, 0.05) is 11.3 Å². The fourth-order valence-corrected chi connectivity index (χ4v) is 8.55. The molecule has 3 aliphatic rings. The van der Waals surface area contributed by atoms with Crippen molar-refractivity contribution in [1.29, 1.82) is 0 Å². The van der Waals surface area contributed by atoms with Gasteiger partial charge in [-0.3, -0.25) is 14.9 Å². The van der Waals surface area contributed by atoms with Gasteiger partial charge < -0.3 is 9.40 Å². The van der Waals surface area contributed by atoms with Crippen molar-refractivity contribution in [2.75, 3.05) is 0 Å². The number of aromatic amines is 1. The van der Waals surface area contributed by atoms with Crippen LogP contribution in [-0.4, -0.2) is 15.2 Å². The molecular weight excluding hydrogens is 408 g/mol. The summed E-state index contributed by atoms with van der Waals surface area (Å²) in [7, 11) is 0. The summed E-state index contributed by atoms with van der Waals surface area (Å²) in [4.78, 5) is 27.2. The summed E-state index contributed by atoms with van der Waals surface area (Å²) < 4.78 is 6.26. The topological polar surface area (TPSA) is 89.1 Å². The second-order valence-electron chi connectivity index (χ2n) is 8.15. The van der Waals surface area contributed by atoms with E-state index in [0.29, 0.717) is 34.3 Å². The molecule has 1 aliphatic heterocycles. The van der Waals surface area contributed by atoms with Gasteiger partial charge in [0.25, 0.3) is 5.69 Å². The number of hydrogen-bond acceptors (Lipinski definition) is 6. The number of H-pyrrole nitrogens is 1. The first kappa shape index (κ1) is 17.5. The molecule has 0 unspecified atom stereocenters. The lowest BCUT2D eigenvalue weighted by Gasteiger charge is -2.38. The maximum absolute atomic E-state index is 12.1. The summed E-state index contributed by atoms with van der Waals surface area (Å²) in [6, 6.07) is 10.4. The summed E-state index contributed by atoms with van der Waals surface area (Å²) in [5.74, 6) is 3.20. The van der Waals surface area contributed by atoms with E-state index in [0.717, 1.165) is 15.7 Å². The number of benzene rings is 1. The number of nitrogens with one attached hydrogen (secondary N) is 1. The monoisotopic (exact) mass is 426 g/mol. The van der Waals surface area contributed by atoms with E-state index >= 15 is 0 Å². The average molecular weight is 427 g/mol. The number of hydrogen-bond donors (Lipinski definition) is 1. The largest absolute Gasteiger partial charge is 0.460 e. The number of aromatic nitrogens is 1. The molecule has 6 rings (SSSR count). The van der Waals surface area contributed by atoms with Gasteiger partial charge >= 0.3 is 4.87 Å². The van der Waals surface area contributed by atoms with Crippen molar-refractivity contribution in [3.63, 3.8) is 0 Å². The number of thioether (sulfide) groups is 1. The minimum absolute atomic E-state index is 0.0229. The van der Waals surface area contributed by atoms with Crippen LogP contribution >= 0.6 is 23.1 Å². The van der Waals surface area contributed by atoms with Gasteiger partial charge in [0.15, 0.2) is 0 Å². The summed E-state index contributed by atoms with van der Waals surface area (Å²) in [5.41, 5.74) is 0.526. The minimum Gasteiger partial charge on any atom is -0.460 e. The molecule has 0 radical (unpaired) electrons. The zero-order chi connectivity index (χ0) is 19.7. The van der Waals surface area contributed by atoms with E-state index in [1.165, 1.54) is 36.7 Å². The molecule has 2 aromatic heterocycles. The van der Waals surface area contributed by atoms with Crippen LogP contribution < -0.4 is 4.87 Å². The van der Waals surface area contributed by atoms with Crippen LogP contribution in [0.5, 0.6) is 0 Å². The number of fused-ring (bicyclic) bond motifs is 6.